The highest BCUT2D eigenvalue weighted by Crippen LogP contribution is 2.32. The van der Waals surface area contributed by atoms with E-state index in [9.17, 15) is 9.65 Å². The number of nitrogens with two attached hydrogens (primary N) is 1. The number of aromatic amines is 1. The minimum absolute atomic E-state index is 0.214. The predicted octanol–water partition coefficient (Wildman–Crippen LogP) is 3.51. The van der Waals surface area contributed by atoms with Crippen LogP contribution in [0, 0.1) is 24.1 Å². The maximum atomic E-state index is 13.5. The molecular formula is C18H16FN5O. The van der Waals surface area contributed by atoms with E-state index in [1.807, 2.05) is 13.0 Å². The molecule has 2 aromatic heterocycles. The van der Waals surface area contributed by atoms with Gasteiger partial charge in [-0.05, 0) is 38.1 Å². The van der Waals surface area contributed by atoms with E-state index in [1.165, 1.54) is 18.2 Å². The molecule has 0 saturated heterocycles. The van der Waals surface area contributed by atoms with Gasteiger partial charge in [-0.3, -0.25) is 5.10 Å². The number of anilines is 1. The quantitative estimate of drug-likeness (QED) is 0.758. The van der Waals surface area contributed by atoms with Gasteiger partial charge in [-0.2, -0.15) is 10.4 Å². The van der Waals surface area contributed by atoms with Crippen LogP contribution in [0.25, 0.3) is 11.1 Å². The number of aryl methyl sites for hydroxylation is 1. The molecule has 0 radical (unpaired) electrons. The molecule has 0 aliphatic rings. The summed E-state index contributed by atoms with van der Waals surface area (Å²) in [6, 6.07) is 7.75. The zero-order valence-electron chi connectivity index (χ0n) is 13.7. The second-order valence-electron chi connectivity index (χ2n) is 5.62. The first-order valence-corrected chi connectivity index (χ1v) is 7.61. The van der Waals surface area contributed by atoms with Crippen molar-refractivity contribution in [3.63, 3.8) is 0 Å². The highest BCUT2D eigenvalue weighted by molar-refractivity contribution is 5.68. The number of H-pyrrole nitrogens is 1. The van der Waals surface area contributed by atoms with E-state index in [0.29, 0.717) is 16.9 Å². The predicted molar refractivity (Wildman–Crippen MR) is 91.1 cm³/mol. The summed E-state index contributed by atoms with van der Waals surface area (Å²) in [5.41, 5.74) is 9.28. The fourth-order valence-corrected chi connectivity index (χ4v) is 2.56. The Bertz CT molecular complexity index is 960. The molecule has 0 fully saturated rings. The molecule has 6 nitrogen and oxygen atoms in total. The lowest BCUT2D eigenvalue weighted by Crippen LogP contribution is -2.08. The fourth-order valence-electron chi connectivity index (χ4n) is 2.56. The van der Waals surface area contributed by atoms with Gasteiger partial charge in [0.05, 0.1) is 17.8 Å². The molecular weight excluding hydrogens is 321 g/mol. The van der Waals surface area contributed by atoms with Gasteiger partial charge in [0.25, 0.3) is 0 Å². The summed E-state index contributed by atoms with van der Waals surface area (Å²) in [5.74, 6) is 0.142. The third-order valence-electron chi connectivity index (χ3n) is 3.90. The maximum absolute atomic E-state index is 13.5. The number of nitriles is 1. The van der Waals surface area contributed by atoms with Crippen molar-refractivity contribution in [1.29, 1.82) is 5.26 Å². The van der Waals surface area contributed by atoms with Crippen LogP contribution in [0.4, 0.5) is 10.2 Å². The Morgan fingerprint density at radius 1 is 1.32 bits per heavy atom. The number of halogens is 1. The van der Waals surface area contributed by atoms with Crippen molar-refractivity contribution in [2.45, 2.75) is 20.0 Å². The minimum atomic E-state index is -0.574. The van der Waals surface area contributed by atoms with Crippen LogP contribution >= 0.6 is 0 Å². The minimum Gasteiger partial charge on any atom is -0.482 e. The Morgan fingerprint density at radius 2 is 2.12 bits per heavy atom. The molecule has 0 spiro atoms. The average Bonchev–Trinajstić information content (AvgIpc) is 3.02. The molecule has 0 unspecified atom stereocenters. The molecule has 1 atom stereocenters. The first-order chi connectivity index (χ1) is 12.0. The molecule has 126 valence electrons. The lowest BCUT2D eigenvalue weighted by Gasteiger charge is -2.18. The summed E-state index contributed by atoms with van der Waals surface area (Å²) >= 11 is 0. The first kappa shape index (κ1) is 16.5. The Kier molecular flexibility index (Phi) is 4.35. The van der Waals surface area contributed by atoms with Gasteiger partial charge in [0.2, 0.25) is 0 Å². The average molecular weight is 337 g/mol. The van der Waals surface area contributed by atoms with Gasteiger partial charge in [0.1, 0.15) is 11.9 Å². The van der Waals surface area contributed by atoms with E-state index < -0.39 is 11.9 Å². The van der Waals surface area contributed by atoms with Crippen molar-refractivity contribution in [2.24, 2.45) is 0 Å². The highest BCUT2D eigenvalue weighted by atomic mass is 19.1. The zero-order valence-corrected chi connectivity index (χ0v) is 13.7. The van der Waals surface area contributed by atoms with Crippen LogP contribution in [0.5, 0.6) is 5.75 Å². The lowest BCUT2D eigenvalue weighted by atomic mass is 10.0. The standard InChI is InChI=1S/C18H16FN5O/c1-10-16(9-23-24-10)13-5-17(18(21)22-8-13)25-11(2)15-6-14(19)4-3-12(15)7-20/h3-6,8-9,11H,1-2H3,(H2,21,22)(H,23,24)/t11-/m1/s1. The number of hydrogen-bond acceptors (Lipinski definition) is 5. The first-order valence-electron chi connectivity index (χ1n) is 7.61. The van der Waals surface area contributed by atoms with E-state index >= 15 is 0 Å². The Labute approximate surface area is 144 Å². The number of aromatic nitrogens is 3. The van der Waals surface area contributed by atoms with E-state index in [2.05, 4.69) is 15.2 Å². The number of nitrogens with one attached hydrogen (secondary N) is 1. The van der Waals surface area contributed by atoms with E-state index in [-0.39, 0.29) is 5.82 Å². The molecule has 0 amide bonds. The molecule has 2 heterocycles. The second-order valence-corrected chi connectivity index (χ2v) is 5.62. The number of rotatable bonds is 4. The highest BCUT2D eigenvalue weighted by Gasteiger charge is 2.16. The fraction of sp³-hybridized carbons (Fsp3) is 0.167. The van der Waals surface area contributed by atoms with Crippen LogP contribution in [-0.2, 0) is 0 Å². The summed E-state index contributed by atoms with van der Waals surface area (Å²) in [5, 5.41) is 16.1. The third-order valence-corrected chi connectivity index (χ3v) is 3.90. The summed E-state index contributed by atoms with van der Waals surface area (Å²) in [4.78, 5) is 4.16. The van der Waals surface area contributed by atoms with E-state index in [4.69, 9.17) is 10.5 Å². The normalized spacial score (nSPS) is 11.8. The summed E-state index contributed by atoms with van der Waals surface area (Å²) in [6.45, 7) is 3.62. The van der Waals surface area contributed by atoms with Crippen LogP contribution in [0.3, 0.4) is 0 Å². The van der Waals surface area contributed by atoms with E-state index in [1.54, 1.807) is 25.4 Å². The van der Waals surface area contributed by atoms with Gasteiger partial charge >= 0.3 is 0 Å². The number of benzene rings is 1. The molecule has 3 aromatic rings. The smallest absolute Gasteiger partial charge is 0.166 e. The van der Waals surface area contributed by atoms with Crippen molar-refractivity contribution in [3.05, 3.63) is 59.3 Å². The summed E-state index contributed by atoms with van der Waals surface area (Å²) in [7, 11) is 0. The number of pyridine rings is 1. The van der Waals surface area contributed by atoms with Gasteiger partial charge in [0.15, 0.2) is 11.6 Å². The molecule has 3 N–H and O–H groups in total. The molecule has 3 rings (SSSR count). The van der Waals surface area contributed by atoms with Gasteiger partial charge in [0, 0.05) is 28.6 Å². The van der Waals surface area contributed by atoms with Crippen molar-refractivity contribution < 1.29 is 9.13 Å². The zero-order chi connectivity index (χ0) is 18.0. The Morgan fingerprint density at radius 3 is 2.80 bits per heavy atom. The molecule has 0 aliphatic carbocycles. The second kappa shape index (κ2) is 6.61. The molecule has 25 heavy (non-hydrogen) atoms. The third kappa shape index (κ3) is 3.28. The Balaban J connectivity index is 1.94. The SMILES string of the molecule is Cc1[nH]ncc1-c1cnc(N)c(O[C@H](C)c2cc(F)ccc2C#N)c1. The molecule has 0 saturated carbocycles. The van der Waals surface area contributed by atoms with Crippen molar-refractivity contribution in [2.75, 3.05) is 5.73 Å². The lowest BCUT2D eigenvalue weighted by molar-refractivity contribution is 0.227. The number of nitrogens with zero attached hydrogens (tertiary/aromatic N) is 3. The van der Waals surface area contributed by atoms with Crippen LogP contribution in [-0.4, -0.2) is 15.2 Å². The Hall–Kier alpha value is -3.40. The topological polar surface area (TPSA) is 101 Å². The largest absolute Gasteiger partial charge is 0.482 e. The molecule has 0 aliphatic heterocycles. The number of ether oxygens (including phenoxy) is 1. The van der Waals surface area contributed by atoms with Crippen molar-refractivity contribution in [1.82, 2.24) is 15.2 Å². The van der Waals surface area contributed by atoms with Gasteiger partial charge in [-0.1, -0.05) is 0 Å². The van der Waals surface area contributed by atoms with Gasteiger partial charge < -0.3 is 10.5 Å². The summed E-state index contributed by atoms with van der Waals surface area (Å²) < 4.78 is 19.4. The van der Waals surface area contributed by atoms with Crippen molar-refractivity contribution >= 4 is 5.82 Å². The molecule has 0 bridgehead atoms. The van der Waals surface area contributed by atoms with Crippen LogP contribution in [0.1, 0.15) is 29.8 Å². The molecule has 7 heteroatoms. The number of hydrogen-bond donors (Lipinski definition) is 2. The monoisotopic (exact) mass is 337 g/mol. The van der Waals surface area contributed by atoms with Gasteiger partial charge in [-0.15, -0.1) is 0 Å². The molecule has 1 aromatic carbocycles. The van der Waals surface area contributed by atoms with Crippen LogP contribution < -0.4 is 10.5 Å². The van der Waals surface area contributed by atoms with Crippen LogP contribution in [0.2, 0.25) is 0 Å². The van der Waals surface area contributed by atoms with E-state index in [0.717, 1.165) is 16.8 Å². The van der Waals surface area contributed by atoms with Crippen molar-refractivity contribution in [3.8, 4) is 22.9 Å². The van der Waals surface area contributed by atoms with Crippen LogP contribution in [0.15, 0.2) is 36.7 Å². The maximum Gasteiger partial charge on any atom is 0.166 e. The van der Waals surface area contributed by atoms with Gasteiger partial charge in [-0.25, -0.2) is 9.37 Å². The summed E-state index contributed by atoms with van der Waals surface area (Å²) in [6.07, 6.45) is 2.75. The number of nitrogen functional groups attached to an aromatic ring is 1.